The van der Waals surface area contributed by atoms with Crippen LogP contribution in [0.2, 0.25) is 0 Å². The topological polar surface area (TPSA) is 84.8 Å². The zero-order chi connectivity index (χ0) is 17.7. The van der Waals surface area contributed by atoms with Crippen LogP contribution in [0.1, 0.15) is 0 Å². The summed E-state index contributed by atoms with van der Waals surface area (Å²) >= 11 is 0. The minimum absolute atomic E-state index is 0.119. The first kappa shape index (κ1) is 14.7. The van der Waals surface area contributed by atoms with Crippen molar-refractivity contribution in [2.75, 3.05) is 5.32 Å². The Morgan fingerprint density at radius 2 is 2.04 bits per heavy atom. The van der Waals surface area contributed by atoms with E-state index in [0.29, 0.717) is 11.8 Å². The fourth-order valence-electron chi connectivity index (χ4n) is 3.14. The molecule has 9 nitrogen and oxygen atoms in total. The number of aryl methyl sites for hydroxylation is 2. The molecule has 0 radical (unpaired) electrons. The molecule has 3 aromatic rings. The number of hydrogen-bond donors (Lipinski definition) is 1. The number of anilines is 1. The number of guanidine groups is 1. The van der Waals surface area contributed by atoms with E-state index in [1.54, 1.807) is 23.3 Å². The first-order chi connectivity index (χ1) is 12.6. The van der Waals surface area contributed by atoms with E-state index in [1.807, 2.05) is 55.6 Å². The van der Waals surface area contributed by atoms with Crippen LogP contribution in [0.25, 0.3) is 10.9 Å². The summed E-state index contributed by atoms with van der Waals surface area (Å²) in [6.07, 6.45) is 10.9. The summed E-state index contributed by atoms with van der Waals surface area (Å²) in [4.78, 5) is 8.81. The second kappa shape index (κ2) is 5.20. The Kier molecular flexibility index (Phi) is 2.95. The van der Waals surface area contributed by atoms with Gasteiger partial charge in [0.15, 0.2) is 6.20 Å². The molecule has 0 spiro atoms. The third-order valence-corrected chi connectivity index (χ3v) is 4.47. The summed E-state index contributed by atoms with van der Waals surface area (Å²) in [6, 6.07) is 6.04. The number of rotatable bonds is 2. The summed E-state index contributed by atoms with van der Waals surface area (Å²) in [5, 5.41) is 17.7. The first-order valence-electron chi connectivity index (χ1n) is 8.11. The lowest BCUT2D eigenvalue weighted by Gasteiger charge is -2.21. The van der Waals surface area contributed by atoms with Gasteiger partial charge in [0.2, 0.25) is 5.69 Å². The van der Waals surface area contributed by atoms with Crippen LogP contribution in [0.5, 0.6) is 0 Å². The molecule has 0 aliphatic carbocycles. The Labute approximate surface area is 148 Å². The third kappa shape index (κ3) is 2.11. The van der Waals surface area contributed by atoms with Gasteiger partial charge in [-0.05, 0) is 23.3 Å². The van der Waals surface area contributed by atoms with Crippen LogP contribution in [-0.2, 0) is 14.1 Å². The van der Waals surface area contributed by atoms with Crippen molar-refractivity contribution in [2.45, 2.75) is 0 Å². The molecule has 1 aromatic carbocycles. The summed E-state index contributed by atoms with van der Waals surface area (Å²) in [5.74, 6) is 1.23. The standard InChI is InChI=1S/C17H16N9/c1-24-11-14(9-19-24)26-6-5-18-10-16(26)22-17(23-26)21-13-4-3-12-8-20-25(2)15(12)7-13/h3-11H,1-2H3,(H,21,23)/q+1. The predicted molar refractivity (Wildman–Crippen MR) is 102 cm³/mol. The number of nitrogens with zero attached hydrogens (tertiary/aromatic N) is 8. The molecule has 1 unspecified atom stereocenters. The number of nitrogens with one attached hydrogen (secondary N) is 1. The van der Waals surface area contributed by atoms with E-state index < -0.39 is 0 Å². The maximum absolute atomic E-state index is 4.80. The maximum Gasteiger partial charge on any atom is 0.287 e. The molecule has 4 heterocycles. The fourth-order valence-corrected chi connectivity index (χ4v) is 3.14. The number of hydrogen-bond acceptors (Lipinski definition) is 6. The highest BCUT2D eigenvalue weighted by atomic mass is 15.7. The molecule has 5 rings (SSSR count). The van der Waals surface area contributed by atoms with Gasteiger partial charge in [-0.3, -0.25) is 14.4 Å². The number of quaternary nitrogens is 1. The first-order valence-corrected chi connectivity index (χ1v) is 8.11. The molecule has 26 heavy (non-hydrogen) atoms. The van der Waals surface area contributed by atoms with E-state index in [-0.39, 0.29) is 4.59 Å². The van der Waals surface area contributed by atoms with E-state index in [4.69, 9.17) is 5.10 Å². The molecule has 0 saturated carbocycles. The van der Waals surface area contributed by atoms with Crippen LogP contribution in [-0.4, -0.2) is 37.6 Å². The number of fused-ring (bicyclic) bond motifs is 2. The summed E-state index contributed by atoms with van der Waals surface area (Å²) in [7, 11) is 3.80. The lowest BCUT2D eigenvalue weighted by molar-refractivity contribution is 0.591. The van der Waals surface area contributed by atoms with Crippen molar-refractivity contribution >= 4 is 40.3 Å². The number of benzene rings is 1. The van der Waals surface area contributed by atoms with Gasteiger partial charge >= 0.3 is 0 Å². The minimum Gasteiger partial charge on any atom is -0.320 e. The van der Waals surface area contributed by atoms with Gasteiger partial charge in [0.1, 0.15) is 12.4 Å². The summed E-state index contributed by atoms with van der Waals surface area (Å²) in [6.45, 7) is 0. The molecular weight excluding hydrogens is 330 g/mol. The van der Waals surface area contributed by atoms with Crippen molar-refractivity contribution < 1.29 is 0 Å². The number of amidine groups is 1. The highest BCUT2D eigenvalue weighted by Crippen LogP contribution is 2.30. The monoisotopic (exact) mass is 346 g/mol. The average molecular weight is 346 g/mol. The highest BCUT2D eigenvalue weighted by molar-refractivity contribution is 6.38. The molecular formula is C17H16N9+. The van der Waals surface area contributed by atoms with E-state index in [2.05, 4.69) is 25.5 Å². The van der Waals surface area contributed by atoms with Crippen LogP contribution < -0.4 is 9.91 Å². The van der Waals surface area contributed by atoms with Crippen LogP contribution in [0.3, 0.4) is 0 Å². The van der Waals surface area contributed by atoms with Crippen molar-refractivity contribution in [2.24, 2.45) is 29.2 Å². The Balaban J connectivity index is 1.55. The van der Waals surface area contributed by atoms with Crippen molar-refractivity contribution in [1.29, 1.82) is 0 Å². The molecule has 0 fully saturated rings. The molecule has 0 amide bonds. The predicted octanol–water partition coefficient (Wildman–Crippen LogP) is 1.96. The number of aromatic nitrogens is 4. The van der Waals surface area contributed by atoms with Gasteiger partial charge in [-0.2, -0.15) is 15.2 Å². The minimum atomic E-state index is 0.119. The molecule has 2 aromatic heterocycles. The van der Waals surface area contributed by atoms with E-state index in [9.17, 15) is 0 Å². The zero-order valence-electron chi connectivity index (χ0n) is 14.3. The van der Waals surface area contributed by atoms with Gasteiger partial charge in [0.05, 0.1) is 24.1 Å². The van der Waals surface area contributed by atoms with Gasteiger partial charge < -0.3 is 5.32 Å². The average Bonchev–Trinajstić information content (AvgIpc) is 3.33. The molecule has 9 heteroatoms. The molecule has 128 valence electrons. The fraction of sp³-hybridized carbons (Fsp3) is 0.118. The van der Waals surface area contributed by atoms with E-state index in [1.165, 1.54) is 0 Å². The van der Waals surface area contributed by atoms with Gasteiger partial charge in [0, 0.05) is 25.2 Å². The van der Waals surface area contributed by atoms with Gasteiger partial charge in [0.25, 0.3) is 11.8 Å². The number of aliphatic imine (C=N–C) groups is 2. The maximum atomic E-state index is 4.80. The van der Waals surface area contributed by atoms with Crippen molar-refractivity contribution in [3.63, 3.8) is 0 Å². The Morgan fingerprint density at radius 3 is 2.88 bits per heavy atom. The smallest absolute Gasteiger partial charge is 0.287 e. The summed E-state index contributed by atoms with van der Waals surface area (Å²) < 4.78 is 3.70. The Morgan fingerprint density at radius 1 is 1.12 bits per heavy atom. The van der Waals surface area contributed by atoms with Crippen LogP contribution >= 0.6 is 0 Å². The second-order valence-electron chi connectivity index (χ2n) is 6.19. The third-order valence-electron chi connectivity index (χ3n) is 4.47. The van der Waals surface area contributed by atoms with Crippen LogP contribution in [0.4, 0.5) is 11.4 Å². The van der Waals surface area contributed by atoms with E-state index in [0.717, 1.165) is 22.3 Å². The molecule has 1 N–H and O–H groups in total. The second-order valence-corrected chi connectivity index (χ2v) is 6.19. The molecule has 2 aliphatic rings. The van der Waals surface area contributed by atoms with E-state index >= 15 is 0 Å². The highest BCUT2D eigenvalue weighted by Gasteiger charge is 2.43. The Bertz CT molecular complexity index is 1140. The summed E-state index contributed by atoms with van der Waals surface area (Å²) in [5.41, 5.74) is 2.83. The molecule has 2 aliphatic heterocycles. The quantitative estimate of drug-likeness (QED) is 0.720. The zero-order valence-corrected chi connectivity index (χ0v) is 14.3. The van der Waals surface area contributed by atoms with Crippen molar-refractivity contribution in [3.05, 3.63) is 49.2 Å². The molecule has 0 saturated heterocycles. The molecule has 0 bridgehead atoms. The van der Waals surface area contributed by atoms with Crippen LogP contribution in [0.15, 0.2) is 64.3 Å². The SMILES string of the molecule is Cn1cc([N+]23C=CN=CC2=NC(Nc2ccc4cnn(C)c4c2)=N3)cn1. The van der Waals surface area contributed by atoms with Crippen molar-refractivity contribution in [1.82, 2.24) is 24.2 Å². The van der Waals surface area contributed by atoms with Gasteiger partial charge in [-0.15, -0.1) is 0 Å². The molecule has 1 atom stereocenters. The lowest BCUT2D eigenvalue weighted by Crippen LogP contribution is -2.44. The van der Waals surface area contributed by atoms with Crippen molar-refractivity contribution in [3.8, 4) is 0 Å². The van der Waals surface area contributed by atoms with Gasteiger partial charge in [-0.1, -0.05) is 4.59 Å². The largest absolute Gasteiger partial charge is 0.320 e. The normalized spacial score (nSPS) is 21.0. The van der Waals surface area contributed by atoms with Crippen LogP contribution in [0, 0.1) is 0 Å². The lowest BCUT2D eigenvalue weighted by atomic mass is 10.2. The van der Waals surface area contributed by atoms with Gasteiger partial charge in [-0.25, -0.2) is 0 Å². The Hall–Kier alpha value is -3.59.